The molecule has 8 heteroatoms. The summed E-state index contributed by atoms with van der Waals surface area (Å²) < 4.78 is 41.7. The van der Waals surface area contributed by atoms with E-state index < -0.39 is 34.9 Å². The smallest absolute Gasteiger partial charge is 0.251 e. The summed E-state index contributed by atoms with van der Waals surface area (Å²) >= 11 is 0. The highest BCUT2D eigenvalue weighted by atomic mass is 19.1. The van der Waals surface area contributed by atoms with Gasteiger partial charge in [-0.1, -0.05) is 27.7 Å². The molecule has 0 saturated carbocycles. The van der Waals surface area contributed by atoms with Crippen LogP contribution in [0.2, 0.25) is 0 Å². The number of aliphatic imine (C=N–C) groups is 1. The molecule has 3 rings (SSSR count). The fraction of sp³-hybridized carbons (Fsp3) is 0.464. The van der Waals surface area contributed by atoms with E-state index in [1.807, 2.05) is 34.6 Å². The fourth-order valence-electron chi connectivity index (χ4n) is 4.20. The number of nitrogens with one attached hydrogen (secondary N) is 1. The van der Waals surface area contributed by atoms with E-state index in [1.54, 1.807) is 11.8 Å². The van der Waals surface area contributed by atoms with Crippen LogP contribution in [0.15, 0.2) is 41.4 Å². The molecule has 2 amide bonds. The second-order valence-electron chi connectivity index (χ2n) is 10.2. The molecule has 1 aliphatic rings. The van der Waals surface area contributed by atoms with Crippen molar-refractivity contribution in [1.29, 1.82) is 0 Å². The molecule has 0 fully saturated rings. The fourth-order valence-corrected chi connectivity index (χ4v) is 4.20. The van der Waals surface area contributed by atoms with Crippen molar-refractivity contribution in [3.05, 3.63) is 70.5 Å². The lowest BCUT2D eigenvalue weighted by Crippen LogP contribution is -2.50. The predicted octanol–water partition coefficient (Wildman–Crippen LogP) is 6.19. The summed E-state index contributed by atoms with van der Waals surface area (Å²) in [4.78, 5) is 32.6. The maximum absolute atomic E-state index is 14.5. The van der Waals surface area contributed by atoms with Crippen molar-refractivity contribution in [3.63, 3.8) is 0 Å². The maximum atomic E-state index is 14.5. The van der Waals surface area contributed by atoms with Gasteiger partial charge in [0.05, 0.1) is 24.5 Å². The van der Waals surface area contributed by atoms with Gasteiger partial charge in [-0.15, -0.1) is 0 Å². The molecule has 3 unspecified atom stereocenters. The van der Waals surface area contributed by atoms with E-state index in [2.05, 4.69) is 5.32 Å². The first-order valence-corrected chi connectivity index (χ1v) is 12.3. The second-order valence-corrected chi connectivity index (χ2v) is 10.2. The molecule has 0 aromatic heterocycles. The number of hydrogen-bond acceptors (Lipinski definition) is 3. The van der Waals surface area contributed by atoms with Gasteiger partial charge in [0.15, 0.2) is 0 Å². The van der Waals surface area contributed by atoms with Crippen LogP contribution < -0.4 is 5.32 Å². The van der Waals surface area contributed by atoms with E-state index >= 15 is 0 Å². The highest BCUT2D eigenvalue weighted by Gasteiger charge is 2.40. The van der Waals surface area contributed by atoms with Crippen molar-refractivity contribution in [2.24, 2.45) is 16.8 Å². The van der Waals surface area contributed by atoms with Crippen molar-refractivity contribution in [1.82, 2.24) is 10.2 Å². The number of carbonyl (C=O) groups is 2. The topological polar surface area (TPSA) is 61.8 Å². The standard InChI is InChI=1S/C28H34F3N3O2/c1-7-17(4)26-33-28(6,16(2)3)14-25(35)34(26)15-19-8-21(12-22(29)9-19)27(36)32-18(5)20-10-23(30)13-24(31)11-20/h8-13,16-18H,7,14-15H2,1-6H3,(H,32,36). The predicted molar refractivity (Wildman–Crippen MR) is 134 cm³/mol. The summed E-state index contributed by atoms with van der Waals surface area (Å²) in [6, 6.07) is 6.21. The van der Waals surface area contributed by atoms with E-state index in [1.165, 1.54) is 12.1 Å². The van der Waals surface area contributed by atoms with Gasteiger partial charge >= 0.3 is 0 Å². The van der Waals surface area contributed by atoms with Crippen LogP contribution in [0.4, 0.5) is 13.2 Å². The lowest BCUT2D eigenvalue weighted by Gasteiger charge is -2.40. The third-order valence-corrected chi connectivity index (χ3v) is 7.05. The minimum atomic E-state index is -0.752. The molecule has 3 atom stereocenters. The Morgan fingerprint density at radius 1 is 1.03 bits per heavy atom. The van der Waals surface area contributed by atoms with Gasteiger partial charge in [-0.05, 0) is 67.6 Å². The summed E-state index contributed by atoms with van der Waals surface area (Å²) in [5.41, 5.74) is 0.236. The van der Waals surface area contributed by atoms with E-state index in [0.717, 1.165) is 30.7 Å². The lowest BCUT2D eigenvalue weighted by atomic mass is 9.83. The molecule has 2 aromatic rings. The first-order chi connectivity index (χ1) is 16.8. The van der Waals surface area contributed by atoms with Crippen molar-refractivity contribution in [2.75, 3.05) is 0 Å². The van der Waals surface area contributed by atoms with Crippen LogP contribution in [0.1, 0.15) is 81.9 Å². The molecular weight excluding hydrogens is 467 g/mol. The van der Waals surface area contributed by atoms with Crippen molar-refractivity contribution < 1.29 is 22.8 Å². The average molecular weight is 502 g/mol. The largest absolute Gasteiger partial charge is 0.346 e. The molecule has 2 aromatic carbocycles. The third-order valence-electron chi connectivity index (χ3n) is 7.05. The van der Waals surface area contributed by atoms with Crippen molar-refractivity contribution in [3.8, 4) is 0 Å². The number of benzene rings is 2. The number of nitrogens with zero attached hydrogens (tertiary/aromatic N) is 2. The Balaban J connectivity index is 1.86. The molecule has 1 heterocycles. The Morgan fingerprint density at radius 2 is 1.64 bits per heavy atom. The summed E-state index contributed by atoms with van der Waals surface area (Å²) in [5.74, 6) is -1.95. The van der Waals surface area contributed by atoms with Crippen LogP contribution in [-0.2, 0) is 11.3 Å². The summed E-state index contributed by atoms with van der Waals surface area (Å²) in [6.45, 7) is 11.7. The number of rotatable bonds is 8. The van der Waals surface area contributed by atoms with Crippen LogP contribution >= 0.6 is 0 Å². The molecule has 0 radical (unpaired) electrons. The second kappa shape index (κ2) is 10.8. The molecule has 0 saturated heterocycles. The zero-order chi connectivity index (χ0) is 26.8. The van der Waals surface area contributed by atoms with Gasteiger partial charge in [0.2, 0.25) is 5.91 Å². The molecule has 5 nitrogen and oxygen atoms in total. The van der Waals surface area contributed by atoms with Crippen molar-refractivity contribution in [2.45, 2.75) is 72.5 Å². The Hall–Kier alpha value is -3.16. The van der Waals surface area contributed by atoms with Gasteiger partial charge < -0.3 is 5.32 Å². The Kier molecular flexibility index (Phi) is 8.26. The molecule has 194 valence electrons. The van der Waals surface area contributed by atoms with Gasteiger partial charge in [0, 0.05) is 17.5 Å². The van der Waals surface area contributed by atoms with E-state index in [4.69, 9.17) is 4.99 Å². The zero-order valence-electron chi connectivity index (χ0n) is 21.7. The van der Waals surface area contributed by atoms with Gasteiger partial charge in [-0.2, -0.15) is 0 Å². The number of carbonyl (C=O) groups excluding carboxylic acids is 2. The van der Waals surface area contributed by atoms with Crippen LogP contribution in [0, 0.1) is 29.3 Å². The van der Waals surface area contributed by atoms with E-state index in [-0.39, 0.29) is 41.8 Å². The quantitative estimate of drug-likeness (QED) is 0.469. The number of halogens is 3. The highest BCUT2D eigenvalue weighted by Crippen LogP contribution is 2.33. The Labute approximate surface area is 210 Å². The van der Waals surface area contributed by atoms with Crippen LogP contribution in [0.3, 0.4) is 0 Å². The maximum Gasteiger partial charge on any atom is 0.251 e. The lowest BCUT2D eigenvalue weighted by molar-refractivity contribution is -0.130. The molecule has 1 N–H and O–H groups in total. The van der Waals surface area contributed by atoms with Crippen LogP contribution in [-0.4, -0.2) is 28.1 Å². The monoisotopic (exact) mass is 501 g/mol. The summed E-state index contributed by atoms with van der Waals surface area (Å²) in [7, 11) is 0. The van der Waals surface area contributed by atoms with Crippen LogP contribution in [0.5, 0.6) is 0 Å². The van der Waals surface area contributed by atoms with Crippen molar-refractivity contribution >= 4 is 17.6 Å². The highest BCUT2D eigenvalue weighted by molar-refractivity contribution is 6.02. The molecule has 0 aliphatic carbocycles. The summed E-state index contributed by atoms with van der Waals surface area (Å²) in [6.07, 6.45) is 1.03. The minimum Gasteiger partial charge on any atom is -0.346 e. The van der Waals surface area contributed by atoms with Gasteiger partial charge in [-0.25, -0.2) is 13.2 Å². The third kappa shape index (κ3) is 6.15. The Bertz CT molecular complexity index is 1160. The van der Waals surface area contributed by atoms with E-state index in [0.29, 0.717) is 11.4 Å². The number of amides is 2. The number of hydrogen-bond donors (Lipinski definition) is 1. The molecule has 0 spiro atoms. The average Bonchev–Trinajstić information content (AvgIpc) is 2.79. The van der Waals surface area contributed by atoms with Gasteiger partial charge in [0.25, 0.3) is 5.91 Å². The molecule has 1 aliphatic heterocycles. The molecule has 36 heavy (non-hydrogen) atoms. The first-order valence-electron chi connectivity index (χ1n) is 12.3. The Morgan fingerprint density at radius 3 is 2.22 bits per heavy atom. The van der Waals surface area contributed by atoms with E-state index in [9.17, 15) is 22.8 Å². The minimum absolute atomic E-state index is 0.0242. The summed E-state index contributed by atoms with van der Waals surface area (Å²) in [5, 5.41) is 2.65. The normalized spacial score (nSPS) is 19.8. The SMILES string of the molecule is CCC(C)C1=NC(C)(C(C)C)CC(=O)N1Cc1cc(F)cc(C(=O)NC(C)c2cc(F)cc(F)c2)c1. The molecule has 0 bridgehead atoms. The zero-order valence-corrected chi connectivity index (χ0v) is 21.7. The first kappa shape index (κ1) is 27.4. The van der Waals surface area contributed by atoms with Gasteiger partial charge in [-0.3, -0.25) is 19.5 Å². The van der Waals surface area contributed by atoms with Crippen LogP contribution in [0.25, 0.3) is 0 Å². The van der Waals surface area contributed by atoms with Gasteiger partial charge in [0.1, 0.15) is 23.3 Å². The molecular formula is C28H34F3N3O2. The number of amidine groups is 1.